The van der Waals surface area contributed by atoms with Gasteiger partial charge in [0.25, 0.3) is 0 Å². The summed E-state index contributed by atoms with van der Waals surface area (Å²) in [5, 5.41) is 15.6. The van der Waals surface area contributed by atoms with Gasteiger partial charge in [-0.25, -0.2) is 14.6 Å². The van der Waals surface area contributed by atoms with Crippen LogP contribution < -0.4 is 10.6 Å². The summed E-state index contributed by atoms with van der Waals surface area (Å²) in [6.45, 7) is 0.910. The molecule has 1 heterocycles. The zero-order valence-electron chi connectivity index (χ0n) is 13.9. The van der Waals surface area contributed by atoms with E-state index in [2.05, 4.69) is 15.6 Å². The first-order chi connectivity index (χ1) is 12.1. The standard InChI is InChI=1S/C18H21N3O3S/c22-17(23)13-7-5-12(6-8-13)11-20-18(24)19-10-9-16-21-14-3-1-2-4-15(14)25-16/h5-8H,1-4,9-11H2,(H,22,23)(H2,19,20,24). The highest BCUT2D eigenvalue weighted by atomic mass is 32.1. The van der Waals surface area contributed by atoms with Crippen LogP contribution in [0.5, 0.6) is 0 Å². The number of carboxylic acids is 1. The number of hydrogen-bond acceptors (Lipinski definition) is 4. The normalized spacial score (nSPS) is 13.1. The molecule has 1 aliphatic carbocycles. The molecule has 0 saturated carbocycles. The van der Waals surface area contributed by atoms with Crippen LogP contribution in [0.1, 0.15) is 44.3 Å². The lowest BCUT2D eigenvalue weighted by atomic mass is 10.0. The Hall–Kier alpha value is -2.41. The molecule has 0 spiro atoms. The summed E-state index contributed by atoms with van der Waals surface area (Å²) >= 11 is 1.77. The Bertz CT molecular complexity index is 732. The van der Waals surface area contributed by atoms with Crippen molar-refractivity contribution < 1.29 is 14.7 Å². The van der Waals surface area contributed by atoms with E-state index in [4.69, 9.17) is 5.11 Å². The van der Waals surface area contributed by atoms with E-state index in [0.717, 1.165) is 29.8 Å². The first-order valence-electron chi connectivity index (χ1n) is 8.43. The number of rotatable bonds is 6. The van der Waals surface area contributed by atoms with Crippen molar-refractivity contribution in [2.75, 3.05) is 6.54 Å². The number of nitrogens with one attached hydrogen (secondary N) is 2. The van der Waals surface area contributed by atoms with Crippen molar-refractivity contribution in [3.8, 4) is 0 Å². The maximum absolute atomic E-state index is 11.8. The Kier molecular flexibility index (Phi) is 5.65. The van der Waals surface area contributed by atoms with E-state index in [9.17, 15) is 9.59 Å². The molecule has 3 N–H and O–H groups in total. The Labute approximate surface area is 150 Å². The van der Waals surface area contributed by atoms with Crippen LogP contribution in [-0.4, -0.2) is 28.6 Å². The van der Waals surface area contributed by atoms with Crippen LogP contribution in [-0.2, 0) is 25.8 Å². The number of amides is 2. The zero-order chi connectivity index (χ0) is 17.6. The maximum Gasteiger partial charge on any atom is 0.335 e. The summed E-state index contributed by atoms with van der Waals surface area (Å²) in [5.41, 5.74) is 2.34. The minimum Gasteiger partial charge on any atom is -0.478 e. The second kappa shape index (κ2) is 8.11. The fourth-order valence-corrected chi connectivity index (χ4v) is 3.96. The SMILES string of the molecule is O=C(NCCc1nc2c(s1)CCCC2)NCc1ccc(C(=O)O)cc1. The quantitative estimate of drug-likeness (QED) is 0.740. The van der Waals surface area contributed by atoms with Crippen molar-refractivity contribution in [2.24, 2.45) is 0 Å². The number of nitrogens with zero attached hydrogens (tertiary/aromatic N) is 1. The number of benzene rings is 1. The van der Waals surface area contributed by atoms with Crippen LogP contribution in [0, 0.1) is 0 Å². The van der Waals surface area contributed by atoms with Gasteiger partial charge in [0.05, 0.1) is 16.3 Å². The van der Waals surface area contributed by atoms with Gasteiger partial charge in [0.15, 0.2) is 0 Å². The molecule has 1 aromatic carbocycles. The molecule has 0 radical (unpaired) electrons. The molecule has 2 aromatic rings. The minimum atomic E-state index is -0.957. The number of aryl methyl sites for hydroxylation is 2. The van der Waals surface area contributed by atoms with Crippen LogP contribution in [0.25, 0.3) is 0 Å². The monoisotopic (exact) mass is 359 g/mol. The lowest BCUT2D eigenvalue weighted by Gasteiger charge is -2.07. The number of hydrogen-bond donors (Lipinski definition) is 3. The minimum absolute atomic E-state index is 0.233. The Morgan fingerprint density at radius 1 is 1.12 bits per heavy atom. The molecule has 2 amide bonds. The van der Waals surface area contributed by atoms with Crippen molar-refractivity contribution in [3.63, 3.8) is 0 Å². The predicted octanol–water partition coefficient (Wildman–Crippen LogP) is 2.76. The van der Waals surface area contributed by atoms with Gasteiger partial charge >= 0.3 is 12.0 Å². The molecule has 0 atom stereocenters. The number of aromatic carboxylic acids is 1. The summed E-state index contributed by atoms with van der Waals surface area (Å²) in [6.07, 6.45) is 5.45. The molecule has 0 unspecified atom stereocenters. The lowest BCUT2D eigenvalue weighted by Crippen LogP contribution is -2.36. The molecule has 0 bridgehead atoms. The number of thiazole rings is 1. The largest absolute Gasteiger partial charge is 0.478 e. The molecule has 25 heavy (non-hydrogen) atoms. The van der Waals surface area contributed by atoms with E-state index in [1.165, 1.54) is 35.5 Å². The molecule has 6 nitrogen and oxygen atoms in total. The number of fused-ring (bicyclic) bond motifs is 1. The topological polar surface area (TPSA) is 91.3 Å². The van der Waals surface area contributed by atoms with Gasteiger partial charge in [-0.05, 0) is 43.4 Å². The summed E-state index contributed by atoms with van der Waals surface area (Å²) in [7, 11) is 0. The van der Waals surface area contributed by atoms with Crippen LogP contribution in [0.2, 0.25) is 0 Å². The van der Waals surface area contributed by atoms with Crippen molar-refractivity contribution in [1.29, 1.82) is 0 Å². The molecule has 7 heteroatoms. The second-order valence-corrected chi connectivity index (χ2v) is 7.21. The summed E-state index contributed by atoms with van der Waals surface area (Å²) in [4.78, 5) is 28.7. The van der Waals surface area contributed by atoms with Crippen molar-refractivity contribution in [3.05, 3.63) is 51.0 Å². The van der Waals surface area contributed by atoms with E-state index in [1.54, 1.807) is 23.5 Å². The summed E-state index contributed by atoms with van der Waals surface area (Å²) in [6, 6.07) is 6.22. The molecule has 1 aromatic heterocycles. The fourth-order valence-electron chi connectivity index (χ4n) is 2.81. The van der Waals surface area contributed by atoms with E-state index < -0.39 is 5.97 Å². The third kappa shape index (κ3) is 4.79. The number of carbonyl (C=O) groups is 2. The molecule has 0 saturated heterocycles. The molecule has 0 fully saturated rings. The van der Waals surface area contributed by atoms with Crippen molar-refractivity contribution >= 4 is 23.3 Å². The molecule has 132 valence electrons. The van der Waals surface area contributed by atoms with E-state index in [-0.39, 0.29) is 11.6 Å². The first-order valence-corrected chi connectivity index (χ1v) is 9.25. The average molecular weight is 359 g/mol. The van der Waals surface area contributed by atoms with Crippen LogP contribution in [0.3, 0.4) is 0 Å². The van der Waals surface area contributed by atoms with Gasteiger partial charge in [0.1, 0.15) is 0 Å². The van der Waals surface area contributed by atoms with Gasteiger partial charge in [0.2, 0.25) is 0 Å². The molecule has 1 aliphatic rings. The Morgan fingerprint density at radius 2 is 1.88 bits per heavy atom. The number of carboxylic acid groups (broad SMARTS) is 1. The zero-order valence-corrected chi connectivity index (χ0v) is 14.7. The van der Waals surface area contributed by atoms with Crippen molar-refractivity contribution in [2.45, 2.75) is 38.6 Å². The Morgan fingerprint density at radius 3 is 2.60 bits per heavy atom. The lowest BCUT2D eigenvalue weighted by molar-refractivity contribution is 0.0697. The maximum atomic E-state index is 11.8. The van der Waals surface area contributed by atoms with Gasteiger partial charge in [-0.2, -0.15) is 0 Å². The van der Waals surface area contributed by atoms with Gasteiger partial charge in [-0.1, -0.05) is 12.1 Å². The third-order valence-electron chi connectivity index (χ3n) is 4.17. The average Bonchev–Trinajstić information content (AvgIpc) is 3.03. The van der Waals surface area contributed by atoms with Gasteiger partial charge in [0, 0.05) is 24.4 Å². The molecular formula is C18H21N3O3S. The van der Waals surface area contributed by atoms with Gasteiger partial charge < -0.3 is 15.7 Å². The highest BCUT2D eigenvalue weighted by Crippen LogP contribution is 2.26. The first kappa shape index (κ1) is 17.4. The molecule has 0 aliphatic heterocycles. The fraction of sp³-hybridized carbons (Fsp3) is 0.389. The Balaban J connectivity index is 1.39. The van der Waals surface area contributed by atoms with Gasteiger partial charge in [-0.3, -0.25) is 0 Å². The van der Waals surface area contributed by atoms with Crippen molar-refractivity contribution in [1.82, 2.24) is 15.6 Å². The number of aromatic nitrogens is 1. The number of carbonyl (C=O) groups excluding carboxylic acids is 1. The van der Waals surface area contributed by atoms with Crippen LogP contribution >= 0.6 is 11.3 Å². The van der Waals surface area contributed by atoms with E-state index >= 15 is 0 Å². The highest BCUT2D eigenvalue weighted by Gasteiger charge is 2.14. The third-order valence-corrected chi connectivity index (χ3v) is 5.39. The second-order valence-electron chi connectivity index (χ2n) is 6.05. The molecule has 3 rings (SSSR count). The summed E-state index contributed by atoms with van der Waals surface area (Å²) in [5.74, 6) is -0.957. The van der Waals surface area contributed by atoms with E-state index in [1.807, 2.05) is 0 Å². The highest BCUT2D eigenvalue weighted by molar-refractivity contribution is 7.11. The van der Waals surface area contributed by atoms with Crippen LogP contribution in [0.4, 0.5) is 4.79 Å². The van der Waals surface area contributed by atoms with Gasteiger partial charge in [-0.15, -0.1) is 11.3 Å². The van der Waals surface area contributed by atoms with Crippen LogP contribution in [0.15, 0.2) is 24.3 Å². The predicted molar refractivity (Wildman–Crippen MR) is 96.1 cm³/mol. The number of urea groups is 1. The van der Waals surface area contributed by atoms with E-state index in [0.29, 0.717) is 13.1 Å². The summed E-state index contributed by atoms with van der Waals surface area (Å²) < 4.78 is 0. The smallest absolute Gasteiger partial charge is 0.335 e. The molecular weight excluding hydrogens is 338 g/mol.